The highest BCUT2D eigenvalue weighted by Gasteiger charge is 2.22. The van der Waals surface area contributed by atoms with E-state index in [2.05, 4.69) is 51.7 Å². The first-order valence-electron chi connectivity index (χ1n) is 12.2. The van der Waals surface area contributed by atoms with Gasteiger partial charge in [-0.1, -0.05) is 49.4 Å². The van der Waals surface area contributed by atoms with Crippen LogP contribution < -0.4 is 5.32 Å². The molecule has 1 unspecified atom stereocenters. The highest BCUT2D eigenvalue weighted by molar-refractivity contribution is 7.99. The number of rotatable bonds is 9. The Morgan fingerprint density at radius 1 is 1.14 bits per heavy atom. The molecule has 8 nitrogen and oxygen atoms in total. The van der Waals surface area contributed by atoms with Gasteiger partial charge in [-0.25, -0.2) is 0 Å². The molecule has 1 fully saturated rings. The molecule has 1 N–H and O–H groups in total. The Morgan fingerprint density at radius 2 is 1.97 bits per heavy atom. The summed E-state index contributed by atoms with van der Waals surface area (Å²) in [4.78, 5) is 31.4. The van der Waals surface area contributed by atoms with Gasteiger partial charge in [0.25, 0.3) is 0 Å². The van der Waals surface area contributed by atoms with Crippen molar-refractivity contribution in [3.05, 3.63) is 65.7 Å². The van der Waals surface area contributed by atoms with E-state index in [0.29, 0.717) is 23.9 Å². The summed E-state index contributed by atoms with van der Waals surface area (Å²) in [5, 5.41) is 12.4. The van der Waals surface area contributed by atoms with Gasteiger partial charge in [0.2, 0.25) is 11.8 Å². The normalized spacial score (nSPS) is 15.0. The van der Waals surface area contributed by atoms with Crippen molar-refractivity contribution in [1.29, 1.82) is 0 Å². The number of nitrogens with zero attached hydrogens (tertiary/aromatic N) is 5. The third-order valence-corrected chi connectivity index (χ3v) is 7.13. The molecule has 0 radical (unpaired) electrons. The molecule has 2 amide bonds. The molecule has 3 aromatic rings. The van der Waals surface area contributed by atoms with Crippen molar-refractivity contribution in [3.63, 3.8) is 0 Å². The average molecular weight is 493 g/mol. The zero-order valence-electron chi connectivity index (χ0n) is 20.3. The molecule has 0 bridgehead atoms. The SMILES string of the molecule is CCc1ccc(C(C)NC(=O)CSc2nnc(CN3CCCCCC3=O)n2-c2cccnc2)cc1. The Bertz CT molecular complexity index is 1130. The standard InChI is InChI=1S/C26H32N6O2S/c1-3-20-10-12-21(13-11-20)19(2)28-24(33)18-35-26-30-29-23(32(26)22-8-7-14-27-16-22)17-31-15-6-4-5-9-25(31)34/h7-8,10-14,16,19H,3-6,9,15,17-18H2,1-2H3,(H,28,33). The fourth-order valence-electron chi connectivity index (χ4n) is 4.16. The van der Waals surface area contributed by atoms with E-state index in [1.54, 1.807) is 12.4 Å². The minimum absolute atomic E-state index is 0.0768. The zero-order chi connectivity index (χ0) is 24.6. The quantitative estimate of drug-likeness (QED) is 0.452. The van der Waals surface area contributed by atoms with Gasteiger partial charge >= 0.3 is 0 Å². The number of hydrogen-bond donors (Lipinski definition) is 1. The Morgan fingerprint density at radius 3 is 2.71 bits per heavy atom. The number of carbonyl (C=O) groups excluding carboxylic acids is 2. The van der Waals surface area contributed by atoms with Gasteiger partial charge in [0, 0.05) is 19.2 Å². The molecule has 35 heavy (non-hydrogen) atoms. The average Bonchev–Trinajstić information content (AvgIpc) is 3.17. The number of thioether (sulfide) groups is 1. The first-order valence-corrected chi connectivity index (χ1v) is 13.2. The van der Waals surface area contributed by atoms with Crippen LogP contribution in [0.1, 0.15) is 62.5 Å². The van der Waals surface area contributed by atoms with Crippen LogP contribution in [0.25, 0.3) is 5.69 Å². The van der Waals surface area contributed by atoms with Crippen molar-refractivity contribution >= 4 is 23.6 Å². The van der Waals surface area contributed by atoms with E-state index in [1.807, 2.05) is 28.5 Å². The molecule has 4 rings (SSSR count). The Kier molecular flexibility index (Phi) is 8.52. The summed E-state index contributed by atoms with van der Waals surface area (Å²) >= 11 is 1.33. The van der Waals surface area contributed by atoms with E-state index in [1.165, 1.54) is 17.3 Å². The number of pyridine rings is 1. The lowest BCUT2D eigenvalue weighted by molar-refractivity contribution is -0.131. The van der Waals surface area contributed by atoms with Crippen LogP contribution in [0, 0.1) is 0 Å². The molecule has 2 aromatic heterocycles. The molecule has 0 aliphatic carbocycles. The lowest BCUT2D eigenvalue weighted by Gasteiger charge is -2.20. The molecule has 184 valence electrons. The molecule has 1 atom stereocenters. The first-order chi connectivity index (χ1) is 17.0. The maximum atomic E-state index is 12.7. The lowest BCUT2D eigenvalue weighted by atomic mass is 10.1. The predicted octanol–water partition coefficient (Wildman–Crippen LogP) is 4.10. The first kappa shape index (κ1) is 24.9. The van der Waals surface area contributed by atoms with E-state index < -0.39 is 0 Å². The molecule has 1 saturated heterocycles. The van der Waals surface area contributed by atoms with Crippen LogP contribution in [0.3, 0.4) is 0 Å². The Balaban J connectivity index is 1.45. The van der Waals surface area contributed by atoms with Crippen molar-refractivity contribution in [1.82, 2.24) is 30.0 Å². The summed E-state index contributed by atoms with van der Waals surface area (Å²) in [6.45, 7) is 5.22. The van der Waals surface area contributed by atoms with Gasteiger partial charge in [-0.05, 0) is 49.4 Å². The second-order valence-electron chi connectivity index (χ2n) is 8.74. The third kappa shape index (κ3) is 6.48. The molecule has 3 heterocycles. The topological polar surface area (TPSA) is 93.0 Å². The summed E-state index contributed by atoms with van der Waals surface area (Å²) in [5.74, 6) is 0.948. The molecule has 0 spiro atoms. The molecule has 1 aliphatic heterocycles. The van der Waals surface area contributed by atoms with Crippen LogP contribution in [-0.2, 0) is 22.6 Å². The predicted molar refractivity (Wildman–Crippen MR) is 136 cm³/mol. The van der Waals surface area contributed by atoms with Gasteiger partial charge < -0.3 is 10.2 Å². The monoisotopic (exact) mass is 492 g/mol. The van der Waals surface area contributed by atoms with Gasteiger partial charge in [0.1, 0.15) is 0 Å². The third-order valence-electron chi connectivity index (χ3n) is 6.21. The Hall–Kier alpha value is -3.20. The summed E-state index contributed by atoms with van der Waals surface area (Å²) in [6.07, 6.45) is 8.00. The number of aromatic nitrogens is 4. The van der Waals surface area contributed by atoms with Crippen LogP contribution in [0.15, 0.2) is 53.9 Å². The van der Waals surface area contributed by atoms with E-state index in [0.717, 1.165) is 43.5 Å². The van der Waals surface area contributed by atoms with Gasteiger partial charge in [-0.2, -0.15) is 0 Å². The van der Waals surface area contributed by atoms with E-state index >= 15 is 0 Å². The number of amides is 2. The fraction of sp³-hybridized carbons (Fsp3) is 0.423. The maximum Gasteiger partial charge on any atom is 0.230 e. The van der Waals surface area contributed by atoms with E-state index in [-0.39, 0.29) is 23.6 Å². The van der Waals surface area contributed by atoms with Crippen LogP contribution in [-0.4, -0.2) is 48.8 Å². The highest BCUT2D eigenvalue weighted by atomic mass is 32.2. The highest BCUT2D eigenvalue weighted by Crippen LogP contribution is 2.24. The molecule has 9 heteroatoms. The molecule has 1 aromatic carbocycles. The van der Waals surface area contributed by atoms with E-state index in [4.69, 9.17) is 0 Å². The second-order valence-corrected chi connectivity index (χ2v) is 9.69. The zero-order valence-corrected chi connectivity index (χ0v) is 21.1. The molecular weight excluding hydrogens is 460 g/mol. The minimum Gasteiger partial charge on any atom is -0.349 e. The van der Waals surface area contributed by atoms with Gasteiger partial charge in [0.15, 0.2) is 11.0 Å². The molecular formula is C26H32N6O2S. The maximum absolute atomic E-state index is 12.7. The second kappa shape index (κ2) is 12.0. The van der Waals surface area contributed by atoms with Crippen molar-refractivity contribution in [2.45, 2.75) is 63.7 Å². The van der Waals surface area contributed by atoms with Crippen molar-refractivity contribution in [3.8, 4) is 5.69 Å². The lowest BCUT2D eigenvalue weighted by Crippen LogP contribution is -2.31. The summed E-state index contributed by atoms with van der Waals surface area (Å²) in [6, 6.07) is 12.0. The summed E-state index contributed by atoms with van der Waals surface area (Å²) in [7, 11) is 0. The minimum atomic E-state index is -0.0881. The van der Waals surface area contributed by atoms with Gasteiger partial charge in [-0.15, -0.1) is 10.2 Å². The number of hydrogen-bond acceptors (Lipinski definition) is 6. The summed E-state index contributed by atoms with van der Waals surface area (Å²) < 4.78 is 1.90. The van der Waals surface area contributed by atoms with Crippen molar-refractivity contribution < 1.29 is 9.59 Å². The van der Waals surface area contributed by atoms with Crippen LogP contribution in [0.4, 0.5) is 0 Å². The van der Waals surface area contributed by atoms with Crippen molar-refractivity contribution in [2.75, 3.05) is 12.3 Å². The fourth-order valence-corrected chi connectivity index (χ4v) is 4.94. The van der Waals surface area contributed by atoms with E-state index in [9.17, 15) is 9.59 Å². The smallest absolute Gasteiger partial charge is 0.230 e. The molecule has 0 saturated carbocycles. The largest absolute Gasteiger partial charge is 0.349 e. The number of aryl methyl sites for hydroxylation is 1. The van der Waals surface area contributed by atoms with Crippen molar-refractivity contribution in [2.24, 2.45) is 0 Å². The number of nitrogens with one attached hydrogen (secondary N) is 1. The van der Waals surface area contributed by atoms with Crippen LogP contribution in [0.5, 0.6) is 0 Å². The summed E-state index contributed by atoms with van der Waals surface area (Å²) in [5.41, 5.74) is 3.15. The number of carbonyl (C=O) groups is 2. The van der Waals surface area contributed by atoms with Crippen LogP contribution >= 0.6 is 11.8 Å². The van der Waals surface area contributed by atoms with Crippen LogP contribution in [0.2, 0.25) is 0 Å². The van der Waals surface area contributed by atoms with Gasteiger partial charge in [0.05, 0.1) is 30.2 Å². The Labute approximate surface area is 210 Å². The number of benzene rings is 1. The van der Waals surface area contributed by atoms with Gasteiger partial charge in [-0.3, -0.25) is 19.1 Å². The number of likely N-dealkylation sites (tertiary alicyclic amines) is 1. The molecule has 1 aliphatic rings.